The van der Waals surface area contributed by atoms with Crippen LogP contribution in [0.4, 0.5) is 0 Å². The first-order chi connectivity index (χ1) is 15.6. The molecule has 1 atom stereocenters. The zero-order valence-corrected chi connectivity index (χ0v) is 18.5. The van der Waals surface area contributed by atoms with Crippen molar-refractivity contribution in [2.45, 2.75) is 25.3 Å². The lowest BCUT2D eigenvalue weighted by molar-refractivity contribution is -0.133. The molecule has 2 amide bonds. The lowest BCUT2D eigenvalue weighted by Gasteiger charge is -2.26. The van der Waals surface area contributed by atoms with Gasteiger partial charge in [0.05, 0.1) is 33.2 Å². The van der Waals surface area contributed by atoms with E-state index in [1.807, 2.05) is 65.6 Å². The van der Waals surface area contributed by atoms with Crippen molar-refractivity contribution in [2.75, 3.05) is 27.3 Å². The van der Waals surface area contributed by atoms with E-state index in [9.17, 15) is 9.59 Å². The van der Waals surface area contributed by atoms with Crippen LogP contribution in [-0.2, 0) is 16.0 Å². The quantitative estimate of drug-likeness (QED) is 0.615. The summed E-state index contributed by atoms with van der Waals surface area (Å²) in [7, 11) is 3.23. The van der Waals surface area contributed by atoms with E-state index in [-0.39, 0.29) is 30.8 Å². The van der Waals surface area contributed by atoms with Crippen LogP contribution in [0.5, 0.6) is 11.5 Å². The Bertz CT molecular complexity index is 1120. The number of amides is 2. The number of ether oxygens (including phenoxy) is 2. The summed E-state index contributed by atoms with van der Waals surface area (Å²) in [5.74, 6) is 1.17. The Labute approximate surface area is 188 Å². The number of rotatable bonds is 7. The van der Waals surface area contributed by atoms with Crippen LogP contribution in [0.1, 0.15) is 30.0 Å². The highest BCUT2D eigenvalue weighted by atomic mass is 16.5. The van der Waals surface area contributed by atoms with Crippen molar-refractivity contribution >= 4 is 22.6 Å². The molecule has 3 aromatic rings. The minimum Gasteiger partial charge on any atom is -0.497 e. The predicted octanol–water partition coefficient (Wildman–Crippen LogP) is 3.88. The first-order valence-electron chi connectivity index (χ1n) is 10.9. The Morgan fingerprint density at radius 2 is 1.84 bits per heavy atom. The van der Waals surface area contributed by atoms with E-state index in [0.717, 1.165) is 34.7 Å². The summed E-state index contributed by atoms with van der Waals surface area (Å²) < 4.78 is 10.8. The fraction of sp³-hybridized carbons (Fsp3) is 0.308. The Balaban J connectivity index is 1.40. The van der Waals surface area contributed by atoms with Crippen LogP contribution in [0.3, 0.4) is 0 Å². The minimum atomic E-state index is -0.160. The summed E-state index contributed by atoms with van der Waals surface area (Å²) in [6.45, 7) is 0.649. The van der Waals surface area contributed by atoms with Crippen molar-refractivity contribution in [3.8, 4) is 11.5 Å². The van der Waals surface area contributed by atoms with Crippen molar-refractivity contribution in [3.63, 3.8) is 0 Å². The zero-order valence-electron chi connectivity index (χ0n) is 18.5. The summed E-state index contributed by atoms with van der Waals surface area (Å²) in [4.78, 5) is 27.4. The molecule has 1 fully saturated rings. The lowest BCUT2D eigenvalue weighted by atomic mass is 10.0. The lowest BCUT2D eigenvalue weighted by Crippen LogP contribution is -2.40. The Hall–Kier alpha value is -3.54. The molecule has 4 rings (SSSR count). The first kappa shape index (κ1) is 21.7. The standard InChI is InChI=1S/C26H28N2O4/c1-31-20-12-13-22(24(16-20)32-2)23-11-6-14-28(23)26(30)17-27-25(29)15-19-9-5-8-18-7-3-4-10-21(18)19/h3-5,7-10,12-13,16,23H,6,11,14-15,17H2,1-2H3,(H,27,29)/t23-/m0/s1. The number of carbonyl (C=O) groups excluding carboxylic acids is 2. The van der Waals surface area contributed by atoms with Crippen LogP contribution in [0.2, 0.25) is 0 Å². The molecule has 0 spiro atoms. The molecular weight excluding hydrogens is 404 g/mol. The van der Waals surface area contributed by atoms with Crippen molar-refractivity contribution < 1.29 is 19.1 Å². The third-order valence-corrected chi connectivity index (χ3v) is 6.04. The smallest absolute Gasteiger partial charge is 0.242 e. The highest BCUT2D eigenvalue weighted by Gasteiger charge is 2.32. The number of likely N-dealkylation sites (tertiary alicyclic amines) is 1. The molecule has 1 saturated heterocycles. The maximum atomic E-state index is 13.0. The number of fused-ring (bicyclic) bond motifs is 1. The number of methoxy groups -OCH3 is 2. The van der Waals surface area contributed by atoms with E-state index in [1.165, 1.54) is 0 Å². The number of hydrogen-bond donors (Lipinski definition) is 1. The fourth-order valence-electron chi connectivity index (χ4n) is 4.44. The van der Waals surface area contributed by atoms with Gasteiger partial charge in [0.1, 0.15) is 11.5 Å². The highest BCUT2D eigenvalue weighted by Crippen LogP contribution is 2.38. The Morgan fingerprint density at radius 1 is 1.03 bits per heavy atom. The third-order valence-electron chi connectivity index (χ3n) is 6.04. The molecule has 32 heavy (non-hydrogen) atoms. The molecule has 0 aliphatic carbocycles. The van der Waals surface area contributed by atoms with E-state index >= 15 is 0 Å². The fourth-order valence-corrected chi connectivity index (χ4v) is 4.44. The van der Waals surface area contributed by atoms with Crippen LogP contribution in [0.25, 0.3) is 10.8 Å². The van der Waals surface area contributed by atoms with Crippen LogP contribution in [0.15, 0.2) is 60.7 Å². The van der Waals surface area contributed by atoms with Crippen molar-refractivity contribution in [2.24, 2.45) is 0 Å². The molecule has 0 aromatic heterocycles. The first-order valence-corrected chi connectivity index (χ1v) is 10.9. The van der Waals surface area contributed by atoms with E-state index in [0.29, 0.717) is 18.0 Å². The summed E-state index contributed by atoms with van der Waals surface area (Å²) in [5.41, 5.74) is 1.91. The molecule has 0 radical (unpaired) electrons. The number of nitrogens with zero attached hydrogens (tertiary/aromatic N) is 1. The van der Waals surface area contributed by atoms with E-state index in [4.69, 9.17) is 9.47 Å². The number of benzene rings is 3. The largest absolute Gasteiger partial charge is 0.497 e. The average Bonchev–Trinajstić information content (AvgIpc) is 3.32. The van der Waals surface area contributed by atoms with Gasteiger partial charge in [0.2, 0.25) is 11.8 Å². The SMILES string of the molecule is COc1ccc([C@@H]2CCCN2C(=O)CNC(=O)Cc2cccc3ccccc23)c(OC)c1. The van der Waals surface area contributed by atoms with Gasteiger partial charge in [-0.05, 0) is 41.3 Å². The maximum Gasteiger partial charge on any atom is 0.242 e. The van der Waals surface area contributed by atoms with Gasteiger partial charge in [0.25, 0.3) is 0 Å². The zero-order chi connectivity index (χ0) is 22.5. The predicted molar refractivity (Wildman–Crippen MR) is 124 cm³/mol. The summed E-state index contributed by atoms with van der Waals surface area (Å²) in [6, 6.07) is 19.5. The highest BCUT2D eigenvalue weighted by molar-refractivity contribution is 5.91. The van der Waals surface area contributed by atoms with Gasteiger partial charge in [0.15, 0.2) is 0 Å². The average molecular weight is 433 g/mol. The van der Waals surface area contributed by atoms with Gasteiger partial charge < -0.3 is 19.7 Å². The molecule has 0 unspecified atom stereocenters. The van der Waals surface area contributed by atoms with Crippen LogP contribution < -0.4 is 14.8 Å². The summed E-state index contributed by atoms with van der Waals surface area (Å²) >= 11 is 0. The second-order valence-corrected chi connectivity index (χ2v) is 7.94. The van der Waals surface area contributed by atoms with Crippen LogP contribution in [-0.4, -0.2) is 44.0 Å². The van der Waals surface area contributed by atoms with Crippen molar-refractivity contribution in [1.82, 2.24) is 10.2 Å². The molecule has 1 aliphatic heterocycles. The van der Waals surface area contributed by atoms with E-state index < -0.39 is 0 Å². The minimum absolute atomic E-state index is 0.0153. The van der Waals surface area contributed by atoms with Gasteiger partial charge in [-0.25, -0.2) is 0 Å². The number of carbonyl (C=O) groups is 2. The molecular formula is C26H28N2O4. The van der Waals surface area contributed by atoms with Gasteiger partial charge in [-0.3, -0.25) is 9.59 Å². The van der Waals surface area contributed by atoms with Gasteiger partial charge in [-0.15, -0.1) is 0 Å². The molecule has 0 bridgehead atoms. The molecule has 6 nitrogen and oxygen atoms in total. The van der Waals surface area contributed by atoms with E-state index in [1.54, 1.807) is 14.2 Å². The molecule has 3 aromatic carbocycles. The maximum absolute atomic E-state index is 13.0. The molecule has 166 valence electrons. The molecule has 1 N–H and O–H groups in total. The molecule has 0 saturated carbocycles. The second kappa shape index (κ2) is 9.73. The third kappa shape index (κ3) is 4.54. The van der Waals surface area contributed by atoms with E-state index in [2.05, 4.69) is 5.32 Å². The monoisotopic (exact) mass is 432 g/mol. The van der Waals surface area contributed by atoms with Crippen molar-refractivity contribution in [3.05, 3.63) is 71.8 Å². The second-order valence-electron chi connectivity index (χ2n) is 7.94. The Kier molecular flexibility index (Phi) is 6.59. The molecule has 6 heteroatoms. The van der Waals surface area contributed by atoms with Gasteiger partial charge in [-0.1, -0.05) is 42.5 Å². The number of hydrogen-bond acceptors (Lipinski definition) is 4. The van der Waals surface area contributed by atoms with Crippen molar-refractivity contribution in [1.29, 1.82) is 0 Å². The van der Waals surface area contributed by atoms with Gasteiger partial charge in [0, 0.05) is 18.2 Å². The normalized spacial score (nSPS) is 15.6. The summed E-state index contributed by atoms with van der Waals surface area (Å²) in [5, 5.41) is 4.97. The van der Waals surface area contributed by atoms with Crippen LogP contribution in [0, 0.1) is 0 Å². The van der Waals surface area contributed by atoms with Gasteiger partial charge in [-0.2, -0.15) is 0 Å². The topological polar surface area (TPSA) is 67.9 Å². The molecule has 1 aliphatic rings. The molecule has 1 heterocycles. The van der Waals surface area contributed by atoms with Crippen LogP contribution >= 0.6 is 0 Å². The summed E-state index contributed by atoms with van der Waals surface area (Å²) in [6.07, 6.45) is 2.01. The van der Waals surface area contributed by atoms with Gasteiger partial charge >= 0.3 is 0 Å². The number of nitrogens with one attached hydrogen (secondary N) is 1. The Morgan fingerprint density at radius 3 is 2.66 bits per heavy atom.